The molecular weight excluding hydrogens is 230 g/mol. The zero-order valence-electron chi connectivity index (χ0n) is 10.6. The number of rotatable bonds is 3. The summed E-state index contributed by atoms with van der Waals surface area (Å²) < 4.78 is 0. The second-order valence-corrected chi connectivity index (χ2v) is 6.22. The topological polar surface area (TPSA) is 23.5 Å². The highest BCUT2D eigenvalue weighted by molar-refractivity contribution is 7.99. The van der Waals surface area contributed by atoms with Crippen LogP contribution in [-0.2, 0) is 5.60 Å². The smallest absolute Gasteiger partial charge is 0.0952 e. The van der Waals surface area contributed by atoms with Crippen LogP contribution in [0.5, 0.6) is 0 Å². The van der Waals surface area contributed by atoms with Gasteiger partial charge in [0.2, 0.25) is 0 Å². The van der Waals surface area contributed by atoms with E-state index in [1.807, 2.05) is 30.0 Å². The minimum atomic E-state index is -0.642. The Hall–Kier alpha value is -0.510. The third-order valence-electron chi connectivity index (χ3n) is 3.48. The first-order valence-corrected chi connectivity index (χ1v) is 7.29. The lowest BCUT2D eigenvalue weighted by molar-refractivity contribution is -0.0293. The molecule has 0 aromatic heterocycles. The van der Waals surface area contributed by atoms with Crippen LogP contribution in [0.15, 0.2) is 30.3 Å². The summed E-state index contributed by atoms with van der Waals surface area (Å²) in [6.45, 7) is 0.943. The van der Waals surface area contributed by atoms with E-state index in [0.717, 1.165) is 30.0 Å². The Bertz CT molecular complexity index is 354. The van der Waals surface area contributed by atoms with Gasteiger partial charge < -0.3 is 10.0 Å². The maximum atomic E-state index is 11.0. The SMILES string of the molecule is CN(C)C[C@H]1CSCC[C@]1(O)c1ccccc1. The molecule has 2 nitrogen and oxygen atoms in total. The molecule has 0 aliphatic carbocycles. The minimum absolute atomic E-state index is 0.318. The minimum Gasteiger partial charge on any atom is -0.385 e. The Morgan fingerprint density at radius 1 is 1.35 bits per heavy atom. The van der Waals surface area contributed by atoms with E-state index in [4.69, 9.17) is 0 Å². The second-order valence-electron chi connectivity index (χ2n) is 5.07. The normalized spacial score (nSPS) is 29.5. The summed E-state index contributed by atoms with van der Waals surface area (Å²) in [4.78, 5) is 2.17. The van der Waals surface area contributed by atoms with Crippen molar-refractivity contribution in [3.63, 3.8) is 0 Å². The zero-order valence-corrected chi connectivity index (χ0v) is 11.4. The average molecular weight is 251 g/mol. The summed E-state index contributed by atoms with van der Waals surface area (Å²) >= 11 is 1.96. The number of nitrogens with zero attached hydrogens (tertiary/aromatic N) is 1. The van der Waals surface area contributed by atoms with Crippen molar-refractivity contribution in [3.8, 4) is 0 Å². The van der Waals surface area contributed by atoms with E-state index in [1.54, 1.807) is 0 Å². The highest BCUT2D eigenvalue weighted by atomic mass is 32.2. The predicted octanol–water partition coefficient (Wildman–Crippen LogP) is 2.19. The van der Waals surface area contributed by atoms with Crippen LogP contribution in [0.3, 0.4) is 0 Å². The van der Waals surface area contributed by atoms with Gasteiger partial charge in [-0.2, -0.15) is 11.8 Å². The van der Waals surface area contributed by atoms with Gasteiger partial charge >= 0.3 is 0 Å². The van der Waals surface area contributed by atoms with Gasteiger partial charge in [-0.15, -0.1) is 0 Å². The molecule has 94 valence electrons. The molecule has 1 aliphatic heterocycles. The van der Waals surface area contributed by atoms with Crippen LogP contribution >= 0.6 is 11.8 Å². The van der Waals surface area contributed by atoms with Crippen molar-refractivity contribution >= 4 is 11.8 Å². The van der Waals surface area contributed by atoms with Crippen LogP contribution < -0.4 is 0 Å². The zero-order chi connectivity index (χ0) is 12.3. The molecule has 17 heavy (non-hydrogen) atoms. The first kappa shape index (κ1) is 12.9. The molecule has 0 saturated carbocycles. The number of hydrogen-bond donors (Lipinski definition) is 1. The van der Waals surface area contributed by atoms with Gasteiger partial charge in [-0.3, -0.25) is 0 Å². The Kier molecular flexibility index (Phi) is 4.13. The van der Waals surface area contributed by atoms with Gasteiger partial charge in [0.25, 0.3) is 0 Å². The summed E-state index contributed by atoms with van der Waals surface area (Å²) in [5, 5.41) is 11.0. The van der Waals surface area contributed by atoms with E-state index in [1.165, 1.54) is 0 Å². The Balaban J connectivity index is 2.25. The lowest BCUT2D eigenvalue weighted by atomic mass is 9.79. The van der Waals surface area contributed by atoms with Crippen molar-refractivity contribution in [2.24, 2.45) is 5.92 Å². The molecule has 0 bridgehead atoms. The Morgan fingerprint density at radius 2 is 2.06 bits per heavy atom. The molecule has 1 fully saturated rings. The fraction of sp³-hybridized carbons (Fsp3) is 0.571. The van der Waals surface area contributed by atoms with Crippen LogP contribution in [-0.4, -0.2) is 42.2 Å². The lowest BCUT2D eigenvalue weighted by Gasteiger charge is -2.41. The molecule has 2 atom stereocenters. The molecule has 0 spiro atoms. The highest BCUT2D eigenvalue weighted by Crippen LogP contribution is 2.40. The van der Waals surface area contributed by atoms with Gasteiger partial charge in [-0.1, -0.05) is 30.3 Å². The van der Waals surface area contributed by atoms with Gasteiger partial charge in [0.1, 0.15) is 0 Å². The molecule has 0 amide bonds. The predicted molar refractivity (Wildman–Crippen MR) is 74.3 cm³/mol. The molecule has 1 aliphatic rings. The van der Waals surface area contributed by atoms with Crippen molar-refractivity contribution < 1.29 is 5.11 Å². The van der Waals surface area contributed by atoms with Crippen molar-refractivity contribution in [2.75, 3.05) is 32.1 Å². The molecule has 1 heterocycles. The van der Waals surface area contributed by atoms with Crippen LogP contribution in [0.2, 0.25) is 0 Å². The summed E-state index contributed by atoms with van der Waals surface area (Å²) in [6, 6.07) is 10.1. The number of benzene rings is 1. The average Bonchev–Trinajstić information content (AvgIpc) is 2.33. The maximum absolute atomic E-state index is 11.0. The summed E-state index contributed by atoms with van der Waals surface area (Å²) in [5.74, 6) is 2.41. The Labute approximate surface area is 108 Å². The second kappa shape index (κ2) is 5.42. The van der Waals surface area contributed by atoms with Crippen molar-refractivity contribution in [3.05, 3.63) is 35.9 Å². The van der Waals surface area contributed by atoms with E-state index in [2.05, 4.69) is 31.1 Å². The molecule has 1 aromatic carbocycles. The molecular formula is C14H21NOS. The van der Waals surface area contributed by atoms with Crippen LogP contribution in [0.25, 0.3) is 0 Å². The quantitative estimate of drug-likeness (QED) is 0.891. The number of aliphatic hydroxyl groups is 1. The van der Waals surface area contributed by atoms with Gasteiger partial charge in [0, 0.05) is 18.2 Å². The van der Waals surface area contributed by atoms with Crippen molar-refractivity contribution in [1.29, 1.82) is 0 Å². The van der Waals surface area contributed by atoms with E-state index in [0.29, 0.717) is 5.92 Å². The molecule has 1 aromatic rings. The lowest BCUT2D eigenvalue weighted by Crippen LogP contribution is -2.45. The van der Waals surface area contributed by atoms with E-state index in [-0.39, 0.29) is 0 Å². The van der Waals surface area contributed by atoms with Gasteiger partial charge in [-0.25, -0.2) is 0 Å². The summed E-state index contributed by atoms with van der Waals surface area (Å²) in [6.07, 6.45) is 0.861. The van der Waals surface area contributed by atoms with Gasteiger partial charge in [0.05, 0.1) is 5.60 Å². The van der Waals surface area contributed by atoms with Crippen LogP contribution in [0.4, 0.5) is 0 Å². The number of hydrogen-bond acceptors (Lipinski definition) is 3. The first-order valence-electron chi connectivity index (χ1n) is 6.13. The van der Waals surface area contributed by atoms with Crippen LogP contribution in [0, 0.1) is 5.92 Å². The molecule has 1 N–H and O–H groups in total. The third kappa shape index (κ3) is 2.84. The monoisotopic (exact) mass is 251 g/mol. The highest BCUT2D eigenvalue weighted by Gasteiger charge is 2.40. The summed E-state index contributed by atoms with van der Waals surface area (Å²) in [7, 11) is 4.15. The molecule has 2 rings (SSSR count). The molecule has 3 heteroatoms. The standard InChI is InChI=1S/C14H21NOS/c1-15(2)10-13-11-17-9-8-14(13,16)12-6-4-3-5-7-12/h3-7,13,16H,8-11H2,1-2H3/t13-,14-/m0/s1. The summed E-state index contributed by atoms with van der Waals surface area (Å²) in [5.41, 5.74) is 0.434. The first-order chi connectivity index (χ1) is 8.13. The molecule has 0 radical (unpaired) electrons. The fourth-order valence-electron chi connectivity index (χ4n) is 2.55. The largest absolute Gasteiger partial charge is 0.385 e. The van der Waals surface area contributed by atoms with E-state index < -0.39 is 5.60 Å². The fourth-order valence-corrected chi connectivity index (χ4v) is 3.83. The van der Waals surface area contributed by atoms with Crippen molar-refractivity contribution in [2.45, 2.75) is 12.0 Å². The Morgan fingerprint density at radius 3 is 2.71 bits per heavy atom. The van der Waals surface area contributed by atoms with Gasteiger partial charge in [0.15, 0.2) is 0 Å². The van der Waals surface area contributed by atoms with Gasteiger partial charge in [-0.05, 0) is 31.8 Å². The van der Waals surface area contributed by atoms with Crippen molar-refractivity contribution in [1.82, 2.24) is 4.90 Å². The van der Waals surface area contributed by atoms with Crippen LogP contribution in [0.1, 0.15) is 12.0 Å². The molecule has 0 unspecified atom stereocenters. The molecule has 1 saturated heterocycles. The van der Waals surface area contributed by atoms with E-state index in [9.17, 15) is 5.11 Å². The maximum Gasteiger partial charge on any atom is 0.0952 e. The number of thioether (sulfide) groups is 1. The third-order valence-corrected chi connectivity index (χ3v) is 4.61. The van der Waals surface area contributed by atoms with E-state index >= 15 is 0 Å².